The van der Waals surface area contributed by atoms with E-state index in [1.54, 1.807) is 29.0 Å². The van der Waals surface area contributed by atoms with Crippen LogP contribution in [0.25, 0.3) is 5.65 Å². The molecule has 0 aliphatic carbocycles. The summed E-state index contributed by atoms with van der Waals surface area (Å²) in [6.07, 6.45) is 4.84. The van der Waals surface area contributed by atoms with Gasteiger partial charge in [-0.05, 0) is 24.3 Å². The summed E-state index contributed by atoms with van der Waals surface area (Å²) < 4.78 is 7.03. The number of fused-ring (bicyclic) bond motifs is 1. The molecule has 0 aromatic carbocycles. The van der Waals surface area contributed by atoms with Crippen LogP contribution < -0.4 is 10.2 Å². The van der Waals surface area contributed by atoms with E-state index in [1.807, 2.05) is 12.1 Å². The number of morpholine rings is 1. The fraction of sp³-hybridized carbons (Fsp3) is 0.250. The highest BCUT2D eigenvalue weighted by atomic mass is 16.5. The zero-order chi connectivity index (χ0) is 16.4. The summed E-state index contributed by atoms with van der Waals surface area (Å²) in [7, 11) is 0. The average Bonchev–Trinajstić information content (AvgIpc) is 3.04. The normalized spacial score (nSPS) is 14.8. The zero-order valence-electron chi connectivity index (χ0n) is 12.9. The van der Waals surface area contributed by atoms with Gasteiger partial charge in [0.15, 0.2) is 11.5 Å². The number of hydrogen-bond acceptors (Lipinski definition) is 6. The molecular weight excluding hydrogens is 308 g/mol. The Bertz CT molecular complexity index is 857. The highest BCUT2D eigenvalue weighted by molar-refractivity contribution is 6.03. The molecule has 1 saturated heterocycles. The van der Waals surface area contributed by atoms with Gasteiger partial charge in [-0.2, -0.15) is 0 Å². The number of nitrogens with zero attached hydrogens (tertiary/aromatic N) is 5. The van der Waals surface area contributed by atoms with Crippen molar-refractivity contribution >= 4 is 23.2 Å². The minimum atomic E-state index is -0.250. The first-order chi connectivity index (χ1) is 11.8. The summed E-state index contributed by atoms with van der Waals surface area (Å²) in [5.74, 6) is 1.07. The summed E-state index contributed by atoms with van der Waals surface area (Å²) >= 11 is 0. The standard InChI is InChI=1S/C16H16N6O2/c23-16(12-2-1-5-17-10-12)19-13-11-22-14(18-13)3-4-15(20-22)21-6-8-24-9-7-21/h1-5,10-11H,6-9H2,(H,19,23). The van der Waals surface area contributed by atoms with Gasteiger partial charge in [-0.25, -0.2) is 9.50 Å². The molecule has 24 heavy (non-hydrogen) atoms. The van der Waals surface area contributed by atoms with Gasteiger partial charge in [-0.1, -0.05) is 0 Å². The van der Waals surface area contributed by atoms with Crippen LogP contribution in [-0.2, 0) is 4.74 Å². The molecule has 4 rings (SSSR count). The first-order valence-electron chi connectivity index (χ1n) is 7.70. The van der Waals surface area contributed by atoms with Gasteiger partial charge >= 0.3 is 0 Å². The number of carbonyl (C=O) groups excluding carboxylic acids is 1. The van der Waals surface area contributed by atoms with E-state index in [1.165, 1.54) is 6.20 Å². The van der Waals surface area contributed by atoms with Crippen molar-refractivity contribution in [2.75, 3.05) is 36.5 Å². The molecule has 0 saturated carbocycles. The Kier molecular flexibility index (Phi) is 3.80. The number of ether oxygens (including phenoxy) is 1. The van der Waals surface area contributed by atoms with E-state index in [9.17, 15) is 4.79 Å². The third-order valence-corrected chi connectivity index (χ3v) is 3.81. The van der Waals surface area contributed by atoms with Gasteiger partial charge in [-0.15, -0.1) is 5.10 Å². The molecule has 0 unspecified atom stereocenters. The Hall–Kier alpha value is -3.00. The lowest BCUT2D eigenvalue weighted by Crippen LogP contribution is -2.36. The first-order valence-corrected chi connectivity index (χ1v) is 7.70. The second-order valence-electron chi connectivity index (χ2n) is 5.42. The maximum Gasteiger partial charge on any atom is 0.258 e. The Morgan fingerprint density at radius 1 is 1.21 bits per heavy atom. The van der Waals surface area contributed by atoms with Gasteiger partial charge in [0.25, 0.3) is 5.91 Å². The monoisotopic (exact) mass is 324 g/mol. The molecule has 1 N–H and O–H groups in total. The number of pyridine rings is 1. The molecule has 0 radical (unpaired) electrons. The predicted octanol–water partition coefficient (Wildman–Crippen LogP) is 1.21. The second-order valence-corrected chi connectivity index (χ2v) is 5.42. The highest BCUT2D eigenvalue weighted by Gasteiger charge is 2.14. The quantitative estimate of drug-likeness (QED) is 0.779. The largest absolute Gasteiger partial charge is 0.378 e. The second kappa shape index (κ2) is 6.25. The van der Waals surface area contributed by atoms with Gasteiger partial charge in [0.2, 0.25) is 0 Å². The van der Waals surface area contributed by atoms with Crippen molar-refractivity contribution in [3.05, 3.63) is 48.4 Å². The fourth-order valence-electron chi connectivity index (χ4n) is 2.58. The molecule has 8 heteroatoms. The van der Waals surface area contributed by atoms with Gasteiger partial charge < -0.3 is 15.0 Å². The van der Waals surface area contributed by atoms with Crippen molar-refractivity contribution in [1.82, 2.24) is 19.6 Å². The van der Waals surface area contributed by atoms with Crippen LogP contribution in [0.5, 0.6) is 0 Å². The van der Waals surface area contributed by atoms with Crippen molar-refractivity contribution in [2.45, 2.75) is 0 Å². The molecule has 0 spiro atoms. The topological polar surface area (TPSA) is 84.7 Å². The maximum atomic E-state index is 12.2. The summed E-state index contributed by atoms with van der Waals surface area (Å²) in [4.78, 5) is 22.6. The van der Waals surface area contributed by atoms with Crippen molar-refractivity contribution in [1.29, 1.82) is 0 Å². The molecule has 1 amide bonds. The molecule has 122 valence electrons. The van der Waals surface area contributed by atoms with Gasteiger partial charge in [0.05, 0.1) is 25.0 Å². The van der Waals surface area contributed by atoms with Crippen LogP contribution in [-0.4, -0.2) is 51.8 Å². The number of nitrogens with one attached hydrogen (secondary N) is 1. The van der Waals surface area contributed by atoms with Crippen LogP contribution in [0, 0.1) is 0 Å². The van der Waals surface area contributed by atoms with Crippen molar-refractivity contribution < 1.29 is 9.53 Å². The van der Waals surface area contributed by atoms with Gasteiger partial charge in [-0.3, -0.25) is 9.78 Å². The van der Waals surface area contributed by atoms with Crippen LogP contribution in [0.4, 0.5) is 11.6 Å². The molecule has 8 nitrogen and oxygen atoms in total. The van der Waals surface area contributed by atoms with Gasteiger partial charge in [0, 0.05) is 25.5 Å². The fourth-order valence-corrected chi connectivity index (χ4v) is 2.58. The number of rotatable bonds is 3. The predicted molar refractivity (Wildman–Crippen MR) is 88.2 cm³/mol. The van der Waals surface area contributed by atoms with Crippen LogP contribution >= 0.6 is 0 Å². The van der Waals surface area contributed by atoms with Crippen molar-refractivity contribution in [3.8, 4) is 0 Å². The third-order valence-electron chi connectivity index (χ3n) is 3.81. The molecule has 3 aromatic heterocycles. The van der Waals surface area contributed by atoms with E-state index in [4.69, 9.17) is 4.74 Å². The molecule has 0 atom stereocenters. The average molecular weight is 324 g/mol. The van der Waals surface area contributed by atoms with Crippen LogP contribution in [0.3, 0.4) is 0 Å². The molecule has 1 aliphatic rings. The minimum absolute atomic E-state index is 0.250. The third kappa shape index (κ3) is 2.91. The number of anilines is 2. The van der Waals surface area contributed by atoms with Crippen LogP contribution in [0.15, 0.2) is 42.9 Å². The van der Waals surface area contributed by atoms with Crippen LogP contribution in [0.1, 0.15) is 10.4 Å². The van der Waals surface area contributed by atoms with E-state index in [0.29, 0.717) is 30.2 Å². The van der Waals surface area contributed by atoms with Crippen LogP contribution in [0.2, 0.25) is 0 Å². The lowest BCUT2D eigenvalue weighted by Gasteiger charge is -2.27. The minimum Gasteiger partial charge on any atom is -0.378 e. The lowest BCUT2D eigenvalue weighted by atomic mass is 10.3. The zero-order valence-corrected chi connectivity index (χ0v) is 12.9. The van der Waals surface area contributed by atoms with E-state index >= 15 is 0 Å². The number of hydrogen-bond donors (Lipinski definition) is 1. The number of aromatic nitrogens is 4. The molecule has 4 heterocycles. The summed E-state index contributed by atoms with van der Waals surface area (Å²) in [5.41, 5.74) is 1.16. The maximum absolute atomic E-state index is 12.2. The van der Waals surface area contributed by atoms with Crippen molar-refractivity contribution in [3.63, 3.8) is 0 Å². The summed E-state index contributed by atoms with van der Waals surface area (Å²) in [5, 5.41) is 7.32. The Balaban J connectivity index is 1.55. The number of carbonyl (C=O) groups is 1. The lowest BCUT2D eigenvalue weighted by molar-refractivity contribution is 0.102. The molecular formula is C16H16N6O2. The first kappa shape index (κ1) is 14.6. The molecule has 3 aromatic rings. The number of amides is 1. The Labute approximate surface area is 138 Å². The number of imidazole rings is 1. The molecule has 1 fully saturated rings. The van der Waals surface area contributed by atoms with Crippen molar-refractivity contribution in [2.24, 2.45) is 0 Å². The van der Waals surface area contributed by atoms with E-state index in [0.717, 1.165) is 18.9 Å². The summed E-state index contributed by atoms with van der Waals surface area (Å²) in [6, 6.07) is 7.24. The van der Waals surface area contributed by atoms with E-state index in [2.05, 4.69) is 25.3 Å². The Morgan fingerprint density at radius 2 is 2.08 bits per heavy atom. The highest BCUT2D eigenvalue weighted by Crippen LogP contribution is 2.16. The van der Waals surface area contributed by atoms with Gasteiger partial charge in [0.1, 0.15) is 5.82 Å². The van der Waals surface area contributed by atoms with E-state index in [-0.39, 0.29) is 5.91 Å². The smallest absolute Gasteiger partial charge is 0.258 e. The molecule has 1 aliphatic heterocycles. The van der Waals surface area contributed by atoms with E-state index < -0.39 is 0 Å². The summed E-state index contributed by atoms with van der Waals surface area (Å²) in [6.45, 7) is 3.04. The SMILES string of the molecule is O=C(Nc1cn2nc(N3CCOCC3)ccc2n1)c1cccnc1. The Morgan fingerprint density at radius 3 is 2.88 bits per heavy atom. The molecule has 0 bridgehead atoms.